The fourth-order valence-corrected chi connectivity index (χ4v) is 2.85. The maximum absolute atomic E-state index is 12.1. The van der Waals surface area contributed by atoms with Crippen molar-refractivity contribution in [2.45, 2.75) is 57.8 Å². The molecule has 0 aromatic heterocycles. The van der Waals surface area contributed by atoms with E-state index in [9.17, 15) is 14.7 Å². The van der Waals surface area contributed by atoms with Crippen LogP contribution in [-0.4, -0.2) is 53.0 Å². The zero-order valence-electron chi connectivity index (χ0n) is 16.4. The van der Waals surface area contributed by atoms with Crippen LogP contribution in [0.2, 0.25) is 0 Å². The van der Waals surface area contributed by atoms with Crippen LogP contribution in [0, 0.1) is 0 Å². The van der Waals surface area contributed by atoms with Crippen LogP contribution in [0.25, 0.3) is 0 Å². The fourth-order valence-electron chi connectivity index (χ4n) is 2.85. The number of hydrogen-bond donors (Lipinski definition) is 2. The fraction of sp³-hybridized carbons (Fsp3) is 0.600. The summed E-state index contributed by atoms with van der Waals surface area (Å²) in [6.45, 7) is 6.88. The minimum absolute atomic E-state index is 0.210. The van der Waals surface area contributed by atoms with E-state index in [2.05, 4.69) is 5.32 Å². The Morgan fingerprint density at radius 1 is 1.19 bits per heavy atom. The van der Waals surface area contributed by atoms with Gasteiger partial charge in [0.05, 0.1) is 5.60 Å². The first-order valence-corrected chi connectivity index (χ1v) is 9.32. The lowest BCUT2D eigenvalue weighted by atomic mass is 9.88. The topological polar surface area (TPSA) is 88.1 Å². The molecule has 1 aromatic carbocycles. The van der Waals surface area contributed by atoms with Crippen LogP contribution < -0.4 is 5.32 Å². The highest BCUT2D eigenvalue weighted by molar-refractivity contribution is 5.68. The van der Waals surface area contributed by atoms with Crippen molar-refractivity contribution >= 4 is 12.2 Å². The van der Waals surface area contributed by atoms with Gasteiger partial charge in [0.2, 0.25) is 0 Å². The van der Waals surface area contributed by atoms with Crippen LogP contribution in [0.4, 0.5) is 9.59 Å². The van der Waals surface area contributed by atoms with Gasteiger partial charge in [-0.3, -0.25) is 0 Å². The third-order valence-corrected chi connectivity index (χ3v) is 4.42. The number of likely N-dealkylation sites (tertiary alicyclic amines) is 1. The summed E-state index contributed by atoms with van der Waals surface area (Å²) in [5.74, 6) is 0. The molecule has 0 spiro atoms. The molecule has 27 heavy (non-hydrogen) atoms. The maximum atomic E-state index is 12.1. The molecule has 0 radical (unpaired) electrons. The van der Waals surface area contributed by atoms with Crippen molar-refractivity contribution in [2.24, 2.45) is 0 Å². The van der Waals surface area contributed by atoms with E-state index in [0.717, 1.165) is 5.56 Å². The number of nitrogens with one attached hydrogen (secondary N) is 1. The van der Waals surface area contributed by atoms with Crippen LogP contribution in [0.15, 0.2) is 30.3 Å². The van der Waals surface area contributed by atoms with Crippen molar-refractivity contribution < 1.29 is 24.2 Å². The van der Waals surface area contributed by atoms with Gasteiger partial charge in [-0.25, -0.2) is 9.59 Å². The second-order valence-electron chi connectivity index (χ2n) is 7.93. The quantitative estimate of drug-likeness (QED) is 0.822. The highest BCUT2D eigenvalue weighted by atomic mass is 16.6. The first kappa shape index (κ1) is 21.0. The number of alkyl carbamates (subject to hydrolysis) is 1. The molecule has 1 heterocycles. The Morgan fingerprint density at radius 3 is 2.41 bits per heavy atom. The van der Waals surface area contributed by atoms with Gasteiger partial charge in [-0.15, -0.1) is 0 Å². The largest absolute Gasteiger partial charge is 0.445 e. The Hall–Kier alpha value is -2.28. The molecule has 2 N–H and O–H groups in total. The predicted molar refractivity (Wildman–Crippen MR) is 101 cm³/mol. The molecule has 2 rings (SSSR count). The number of ether oxygens (including phenoxy) is 2. The summed E-state index contributed by atoms with van der Waals surface area (Å²) in [7, 11) is 0. The van der Waals surface area contributed by atoms with Crippen molar-refractivity contribution in [3.8, 4) is 0 Å². The van der Waals surface area contributed by atoms with Crippen molar-refractivity contribution in [2.75, 3.05) is 19.6 Å². The van der Waals surface area contributed by atoms with Crippen molar-refractivity contribution in [3.05, 3.63) is 35.9 Å². The molecule has 150 valence electrons. The standard InChI is InChI=1S/C20H30N2O5/c1-19(2,3)27-18(24)22-13-10-20(25,11-14-22)9-12-21-17(23)26-15-16-7-5-4-6-8-16/h4-8,25H,9-15H2,1-3H3,(H,21,23). The molecule has 1 fully saturated rings. The van der Waals surface area contributed by atoms with E-state index in [1.165, 1.54) is 0 Å². The van der Waals surface area contributed by atoms with Gasteiger partial charge in [0, 0.05) is 19.6 Å². The highest BCUT2D eigenvalue weighted by Gasteiger charge is 2.35. The summed E-state index contributed by atoms with van der Waals surface area (Å²) in [4.78, 5) is 25.4. The summed E-state index contributed by atoms with van der Waals surface area (Å²) in [5.41, 5.74) is -0.513. The summed E-state index contributed by atoms with van der Waals surface area (Å²) >= 11 is 0. The summed E-state index contributed by atoms with van der Waals surface area (Å²) in [6.07, 6.45) is 0.455. The van der Waals surface area contributed by atoms with Crippen molar-refractivity contribution in [1.82, 2.24) is 10.2 Å². The number of hydrogen-bond acceptors (Lipinski definition) is 5. The third-order valence-electron chi connectivity index (χ3n) is 4.42. The molecule has 1 aromatic rings. The van der Waals surface area contributed by atoms with E-state index in [4.69, 9.17) is 9.47 Å². The van der Waals surface area contributed by atoms with Gasteiger partial charge < -0.3 is 24.8 Å². The normalized spacial score (nSPS) is 16.5. The smallest absolute Gasteiger partial charge is 0.410 e. The minimum atomic E-state index is -0.898. The lowest BCUT2D eigenvalue weighted by Crippen LogP contribution is -2.49. The zero-order chi connectivity index (χ0) is 19.9. The average molecular weight is 378 g/mol. The molecule has 7 nitrogen and oxygen atoms in total. The van der Waals surface area contributed by atoms with Crippen LogP contribution in [-0.2, 0) is 16.1 Å². The van der Waals surface area contributed by atoms with Gasteiger partial charge in [-0.05, 0) is 45.6 Å². The number of rotatable bonds is 5. The number of carbonyl (C=O) groups excluding carboxylic acids is 2. The molecule has 0 atom stereocenters. The molecule has 7 heteroatoms. The highest BCUT2D eigenvalue weighted by Crippen LogP contribution is 2.26. The predicted octanol–water partition coefficient (Wildman–Crippen LogP) is 3.06. The lowest BCUT2D eigenvalue weighted by molar-refractivity contribution is -0.0359. The Kier molecular flexibility index (Phi) is 7.07. The average Bonchev–Trinajstić information content (AvgIpc) is 2.60. The van der Waals surface area contributed by atoms with Crippen LogP contribution in [0.5, 0.6) is 0 Å². The third kappa shape index (κ3) is 7.46. The molecule has 0 saturated carbocycles. The van der Waals surface area contributed by atoms with Gasteiger partial charge >= 0.3 is 12.2 Å². The second-order valence-corrected chi connectivity index (χ2v) is 7.93. The number of aliphatic hydroxyl groups is 1. The van der Waals surface area contributed by atoms with Gasteiger partial charge in [-0.1, -0.05) is 30.3 Å². The zero-order valence-corrected chi connectivity index (χ0v) is 16.4. The molecular weight excluding hydrogens is 348 g/mol. The number of piperidine rings is 1. The van der Waals surface area contributed by atoms with E-state index in [1.54, 1.807) is 4.90 Å². The minimum Gasteiger partial charge on any atom is -0.445 e. The van der Waals surface area contributed by atoms with Crippen LogP contribution >= 0.6 is 0 Å². The second kappa shape index (κ2) is 9.08. The monoisotopic (exact) mass is 378 g/mol. The van der Waals surface area contributed by atoms with Gasteiger partial charge in [-0.2, -0.15) is 0 Å². The Balaban J connectivity index is 1.66. The van der Waals surface area contributed by atoms with E-state index in [1.807, 2.05) is 51.1 Å². The van der Waals surface area contributed by atoms with Gasteiger partial charge in [0.1, 0.15) is 12.2 Å². The first-order valence-electron chi connectivity index (χ1n) is 9.32. The summed E-state index contributed by atoms with van der Waals surface area (Å²) in [5, 5.41) is 13.3. The van der Waals surface area contributed by atoms with Crippen LogP contribution in [0.1, 0.15) is 45.6 Å². The molecule has 0 aliphatic carbocycles. The number of benzene rings is 1. The maximum Gasteiger partial charge on any atom is 0.410 e. The molecule has 0 unspecified atom stereocenters. The molecule has 1 aliphatic rings. The van der Waals surface area contributed by atoms with Crippen molar-refractivity contribution in [3.63, 3.8) is 0 Å². The summed E-state index contributed by atoms with van der Waals surface area (Å²) < 4.78 is 10.5. The van der Waals surface area contributed by atoms with Crippen LogP contribution in [0.3, 0.4) is 0 Å². The van der Waals surface area contributed by atoms with Crippen molar-refractivity contribution in [1.29, 1.82) is 0 Å². The van der Waals surface area contributed by atoms with Gasteiger partial charge in [0.15, 0.2) is 0 Å². The number of amides is 2. The first-order chi connectivity index (χ1) is 12.7. The van der Waals surface area contributed by atoms with E-state index in [0.29, 0.717) is 38.9 Å². The van der Waals surface area contributed by atoms with E-state index >= 15 is 0 Å². The SMILES string of the molecule is CC(C)(C)OC(=O)N1CCC(O)(CCNC(=O)OCc2ccccc2)CC1. The van der Waals surface area contributed by atoms with E-state index in [-0.39, 0.29) is 12.7 Å². The molecule has 1 saturated heterocycles. The Bertz CT molecular complexity index is 619. The van der Waals surface area contributed by atoms with E-state index < -0.39 is 17.3 Å². The lowest BCUT2D eigenvalue weighted by Gasteiger charge is -2.38. The number of carbonyl (C=O) groups is 2. The Morgan fingerprint density at radius 2 is 1.81 bits per heavy atom. The molecule has 1 aliphatic heterocycles. The molecule has 2 amide bonds. The molecular formula is C20H30N2O5. The molecule has 0 bridgehead atoms. The Labute approximate surface area is 160 Å². The van der Waals surface area contributed by atoms with Gasteiger partial charge in [0.25, 0.3) is 0 Å². The number of nitrogens with zero attached hydrogens (tertiary/aromatic N) is 1. The summed E-state index contributed by atoms with van der Waals surface area (Å²) in [6, 6.07) is 9.44.